The minimum Gasteiger partial charge on any atom is -0.355 e. The zero-order valence-electron chi connectivity index (χ0n) is 10.9. The van der Waals surface area contributed by atoms with Crippen molar-refractivity contribution in [2.24, 2.45) is 5.73 Å². The maximum Gasteiger partial charge on any atom is 0.133 e. The topological polar surface area (TPSA) is 42.2 Å². The Bertz CT molecular complexity index is 505. The van der Waals surface area contributed by atoms with Crippen molar-refractivity contribution in [3.8, 4) is 0 Å². The molecule has 0 amide bonds. The Balaban J connectivity index is 2.16. The first kappa shape index (κ1) is 12.6. The minimum atomic E-state index is 0.515. The van der Waals surface area contributed by atoms with Crippen LogP contribution in [0.25, 0.3) is 0 Å². The van der Waals surface area contributed by atoms with Crippen LogP contribution < -0.4 is 10.6 Å². The fourth-order valence-electron chi connectivity index (χ4n) is 1.98. The standard InChI is InChI=1S/C15H19N3/c1-12-5-7-13(8-6-12)11-18(2)15-14(10-16)4-3-9-17-15/h3-9H,10-11,16H2,1-2H3. The third kappa shape index (κ3) is 2.87. The Morgan fingerprint density at radius 3 is 2.56 bits per heavy atom. The van der Waals surface area contributed by atoms with Crippen LogP contribution in [0.4, 0.5) is 5.82 Å². The molecule has 1 heterocycles. The van der Waals surface area contributed by atoms with Crippen LogP contribution in [0.1, 0.15) is 16.7 Å². The van der Waals surface area contributed by atoms with Crippen molar-refractivity contribution < 1.29 is 0 Å². The lowest BCUT2D eigenvalue weighted by atomic mass is 10.1. The number of hydrogen-bond acceptors (Lipinski definition) is 3. The molecule has 3 nitrogen and oxygen atoms in total. The Hall–Kier alpha value is -1.87. The molecule has 0 aliphatic rings. The molecule has 2 aromatic rings. The number of aromatic nitrogens is 1. The second-order valence-electron chi connectivity index (χ2n) is 4.53. The SMILES string of the molecule is Cc1ccc(CN(C)c2ncccc2CN)cc1. The summed E-state index contributed by atoms with van der Waals surface area (Å²) < 4.78 is 0. The van der Waals surface area contributed by atoms with E-state index in [1.54, 1.807) is 6.20 Å². The lowest BCUT2D eigenvalue weighted by Crippen LogP contribution is -2.20. The number of aryl methyl sites for hydroxylation is 1. The van der Waals surface area contributed by atoms with Crippen molar-refractivity contribution in [2.75, 3.05) is 11.9 Å². The summed E-state index contributed by atoms with van der Waals surface area (Å²) in [4.78, 5) is 6.54. The zero-order valence-corrected chi connectivity index (χ0v) is 10.9. The third-order valence-corrected chi connectivity index (χ3v) is 2.99. The molecule has 0 saturated heterocycles. The van der Waals surface area contributed by atoms with Crippen LogP contribution >= 0.6 is 0 Å². The first-order chi connectivity index (χ1) is 8.70. The molecule has 3 heteroatoms. The Kier molecular flexibility index (Phi) is 3.95. The summed E-state index contributed by atoms with van der Waals surface area (Å²) >= 11 is 0. The van der Waals surface area contributed by atoms with Crippen LogP contribution in [-0.4, -0.2) is 12.0 Å². The predicted octanol–water partition coefficient (Wildman–Crippen LogP) is 2.49. The van der Waals surface area contributed by atoms with Crippen LogP contribution in [0.3, 0.4) is 0 Å². The van der Waals surface area contributed by atoms with Crippen molar-refractivity contribution >= 4 is 5.82 Å². The van der Waals surface area contributed by atoms with Gasteiger partial charge in [0.2, 0.25) is 0 Å². The molecule has 0 atom stereocenters. The molecule has 2 rings (SSSR count). The van der Waals surface area contributed by atoms with Crippen molar-refractivity contribution in [1.82, 2.24) is 4.98 Å². The van der Waals surface area contributed by atoms with E-state index in [2.05, 4.69) is 41.1 Å². The molecule has 1 aromatic heterocycles. The van der Waals surface area contributed by atoms with Gasteiger partial charge in [-0.25, -0.2) is 4.98 Å². The number of nitrogens with two attached hydrogens (primary N) is 1. The molecule has 94 valence electrons. The molecule has 0 spiro atoms. The molecular formula is C15H19N3. The number of pyridine rings is 1. The molecule has 0 unspecified atom stereocenters. The molecule has 0 aliphatic carbocycles. The fraction of sp³-hybridized carbons (Fsp3) is 0.267. The molecule has 0 saturated carbocycles. The van der Waals surface area contributed by atoms with Gasteiger partial charge in [0, 0.05) is 31.9 Å². The van der Waals surface area contributed by atoms with Gasteiger partial charge >= 0.3 is 0 Å². The maximum atomic E-state index is 5.74. The fourth-order valence-corrected chi connectivity index (χ4v) is 1.98. The summed E-state index contributed by atoms with van der Waals surface area (Å²) in [6, 6.07) is 12.5. The Morgan fingerprint density at radius 1 is 1.17 bits per heavy atom. The van der Waals surface area contributed by atoms with Crippen molar-refractivity contribution in [3.05, 3.63) is 59.3 Å². The van der Waals surface area contributed by atoms with E-state index >= 15 is 0 Å². The quantitative estimate of drug-likeness (QED) is 0.894. The number of nitrogens with zero attached hydrogens (tertiary/aromatic N) is 2. The number of rotatable bonds is 4. The monoisotopic (exact) mass is 241 g/mol. The molecule has 0 aliphatic heterocycles. The molecule has 18 heavy (non-hydrogen) atoms. The Labute approximate surface area is 108 Å². The summed E-state index contributed by atoms with van der Waals surface area (Å²) in [7, 11) is 2.04. The van der Waals surface area contributed by atoms with Gasteiger partial charge in [0.15, 0.2) is 0 Å². The van der Waals surface area contributed by atoms with Crippen molar-refractivity contribution in [1.29, 1.82) is 0 Å². The van der Waals surface area contributed by atoms with E-state index in [1.807, 2.05) is 19.2 Å². The van der Waals surface area contributed by atoms with Gasteiger partial charge in [-0.1, -0.05) is 35.9 Å². The zero-order chi connectivity index (χ0) is 13.0. The number of anilines is 1. The normalized spacial score (nSPS) is 10.4. The lowest BCUT2D eigenvalue weighted by Gasteiger charge is -2.20. The Morgan fingerprint density at radius 2 is 1.89 bits per heavy atom. The van der Waals surface area contributed by atoms with E-state index < -0.39 is 0 Å². The van der Waals surface area contributed by atoms with Crippen LogP contribution in [0.5, 0.6) is 0 Å². The van der Waals surface area contributed by atoms with Gasteiger partial charge in [0.1, 0.15) is 5.82 Å². The van der Waals surface area contributed by atoms with Crippen LogP contribution in [-0.2, 0) is 13.1 Å². The lowest BCUT2D eigenvalue weighted by molar-refractivity contribution is 0.876. The van der Waals surface area contributed by atoms with Gasteiger partial charge in [-0.05, 0) is 18.6 Å². The van der Waals surface area contributed by atoms with Gasteiger partial charge in [-0.3, -0.25) is 0 Å². The van der Waals surface area contributed by atoms with Crippen LogP contribution in [0.2, 0.25) is 0 Å². The average Bonchev–Trinajstić information content (AvgIpc) is 2.41. The van der Waals surface area contributed by atoms with Crippen LogP contribution in [0.15, 0.2) is 42.6 Å². The highest BCUT2D eigenvalue weighted by atomic mass is 15.2. The first-order valence-corrected chi connectivity index (χ1v) is 6.11. The third-order valence-electron chi connectivity index (χ3n) is 2.99. The molecular weight excluding hydrogens is 222 g/mol. The van der Waals surface area contributed by atoms with E-state index in [0.29, 0.717) is 6.54 Å². The average molecular weight is 241 g/mol. The smallest absolute Gasteiger partial charge is 0.133 e. The van der Waals surface area contributed by atoms with E-state index in [9.17, 15) is 0 Å². The van der Waals surface area contributed by atoms with Gasteiger partial charge < -0.3 is 10.6 Å². The maximum absolute atomic E-state index is 5.74. The molecule has 0 bridgehead atoms. The van der Waals surface area contributed by atoms with Crippen molar-refractivity contribution in [2.45, 2.75) is 20.0 Å². The highest BCUT2D eigenvalue weighted by Gasteiger charge is 2.07. The van der Waals surface area contributed by atoms with E-state index in [0.717, 1.165) is 17.9 Å². The summed E-state index contributed by atoms with van der Waals surface area (Å²) in [5, 5.41) is 0. The van der Waals surface area contributed by atoms with Gasteiger partial charge in [0.05, 0.1) is 0 Å². The molecule has 0 fully saturated rings. The van der Waals surface area contributed by atoms with Gasteiger partial charge in [-0.2, -0.15) is 0 Å². The first-order valence-electron chi connectivity index (χ1n) is 6.11. The van der Waals surface area contributed by atoms with Gasteiger partial charge in [-0.15, -0.1) is 0 Å². The second kappa shape index (κ2) is 5.65. The minimum absolute atomic E-state index is 0.515. The van der Waals surface area contributed by atoms with Crippen molar-refractivity contribution in [3.63, 3.8) is 0 Å². The number of hydrogen-bond donors (Lipinski definition) is 1. The highest BCUT2D eigenvalue weighted by molar-refractivity contribution is 5.46. The second-order valence-corrected chi connectivity index (χ2v) is 4.53. The summed E-state index contributed by atoms with van der Waals surface area (Å²) in [6.07, 6.45) is 1.81. The number of benzene rings is 1. The summed E-state index contributed by atoms with van der Waals surface area (Å²) in [5.41, 5.74) is 9.37. The molecule has 2 N–H and O–H groups in total. The summed E-state index contributed by atoms with van der Waals surface area (Å²) in [6.45, 7) is 3.45. The van der Waals surface area contributed by atoms with Gasteiger partial charge in [0.25, 0.3) is 0 Å². The van der Waals surface area contributed by atoms with E-state index in [4.69, 9.17) is 5.73 Å². The highest BCUT2D eigenvalue weighted by Crippen LogP contribution is 2.17. The summed E-state index contributed by atoms with van der Waals surface area (Å²) in [5.74, 6) is 0.959. The largest absolute Gasteiger partial charge is 0.355 e. The van der Waals surface area contributed by atoms with E-state index in [-0.39, 0.29) is 0 Å². The predicted molar refractivity (Wildman–Crippen MR) is 75.4 cm³/mol. The van der Waals surface area contributed by atoms with Crippen LogP contribution in [0, 0.1) is 6.92 Å². The molecule has 1 aromatic carbocycles. The van der Waals surface area contributed by atoms with E-state index in [1.165, 1.54) is 11.1 Å². The molecule has 0 radical (unpaired) electrons.